The van der Waals surface area contributed by atoms with Gasteiger partial charge in [0.25, 0.3) is 5.56 Å². The number of anilines is 1. The molecule has 0 aromatic carbocycles. The zero-order valence-corrected chi connectivity index (χ0v) is 10.1. The lowest BCUT2D eigenvalue weighted by Crippen LogP contribution is -2.38. The van der Waals surface area contributed by atoms with E-state index >= 15 is 0 Å². The van der Waals surface area contributed by atoms with E-state index in [2.05, 4.69) is 4.98 Å². The van der Waals surface area contributed by atoms with Crippen LogP contribution in [0.2, 0.25) is 0 Å². The van der Waals surface area contributed by atoms with E-state index < -0.39 is 0 Å². The first kappa shape index (κ1) is 11.4. The van der Waals surface area contributed by atoms with Gasteiger partial charge in [0.05, 0.1) is 0 Å². The highest BCUT2D eigenvalue weighted by atomic mass is 16.2. The minimum Gasteiger partial charge on any atom is -0.369 e. The highest BCUT2D eigenvalue weighted by Gasteiger charge is 2.17. The molecule has 0 aliphatic carbocycles. The predicted octanol–water partition coefficient (Wildman–Crippen LogP) is -0.481. The number of fused-ring (bicyclic) bond motifs is 1. The van der Waals surface area contributed by atoms with Gasteiger partial charge in [0.2, 0.25) is 5.95 Å². The van der Waals surface area contributed by atoms with Crippen LogP contribution in [0.1, 0.15) is 13.8 Å². The number of imidazole rings is 1. The van der Waals surface area contributed by atoms with Crippen LogP contribution >= 0.6 is 0 Å². The number of nitrogen functional groups attached to an aromatic ring is 1. The Morgan fingerprint density at radius 1 is 1.18 bits per heavy atom. The number of rotatable bonds is 2. The molecule has 2 aromatic heterocycles. The average molecular weight is 237 g/mol. The molecule has 0 aliphatic rings. The number of hydrogen-bond acceptors (Lipinski definition) is 4. The van der Waals surface area contributed by atoms with E-state index in [-0.39, 0.29) is 17.2 Å². The molecule has 7 heteroatoms. The lowest BCUT2D eigenvalue weighted by atomic mass is 10.4. The molecule has 0 amide bonds. The maximum atomic E-state index is 12.0. The second kappa shape index (κ2) is 3.76. The van der Waals surface area contributed by atoms with Gasteiger partial charge in [-0.05, 0) is 13.8 Å². The Balaban J connectivity index is 3.12. The summed E-state index contributed by atoms with van der Waals surface area (Å²) in [5.41, 5.74) is 5.76. The third kappa shape index (κ3) is 1.38. The van der Waals surface area contributed by atoms with E-state index in [4.69, 9.17) is 5.73 Å². The molecule has 92 valence electrons. The molecular weight excluding hydrogens is 222 g/mol. The average Bonchev–Trinajstić information content (AvgIpc) is 2.63. The molecule has 2 heterocycles. The summed E-state index contributed by atoms with van der Waals surface area (Å²) in [5, 5.41) is 0. The number of nitrogens with zero attached hydrogens (tertiary/aromatic N) is 4. The molecular formula is C10H15N5O2. The highest BCUT2D eigenvalue weighted by Crippen LogP contribution is 2.12. The molecule has 0 saturated carbocycles. The van der Waals surface area contributed by atoms with Crippen LogP contribution in [0.3, 0.4) is 0 Å². The molecule has 2 aromatic rings. The molecule has 0 unspecified atom stereocenters. The van der Waals surface area contributed by atoms with Gasteiger partial charge in [-0.3, -0.25) is 13.9 Å². The lowest BCUT2D eigenvalue weighted by Gasteiger charge is -2.06. The largest absolute Gasteiger partial charge is 0.369 e. The molecule has 0 saturated heterocycles. The fourth-order valence-electron chi connectivity index (χ4n) is 1.98. The van der Waals surface area contributed by atoms with Gasteiger partial charge in [-0.1, -0.05) is 0 Å². The summed E-state index contributed by atoms with van der Waals surface area (Å²) in [7, 11) is 1.46. The summed E-state index contributed by atoms with van der Waals surface area (Å²) < 4.78 is 4.14. The Morgan fingerprint density at radius 3 is 2.29 bits per heavy atom. The van der Waals surface area contributed by atoms with Gasteiger partial charge < -0.3 is 10.3 Å². The zero-order chi connectivity index (χ0) is 12.7. The number of aromatic nitrogens is 4. The molecule has 0 atom stereocenters. The minimum atomic E-state index is -0.370. The summed E-state index contributed by atoms with van der Waals surface area (Å²) in [4.78, 5) is 28.0. The van der Waals surface area contributed by atoms with Gasteiger partial charge in [0, 0.05) is 20.1 Å². The molecule has 0 fully saturated rings. The van der Waals surface area contributed by atoms with Crippen LogP contribution in [0.4, 0.5) is 5.95 Å². The second-order valence-corrected chi connectivity index (χ2v) is 3.78. The number of nitrogens with two attached hydrogens (primary N) is 1. The molecule has 7 nitrogen and oxygen atoms in total. The van der Waals surface area contributed by atoms with Crippen molar-refractivity contribution in [2.45, 2.75) is 26.9 Å². The Labute approximate surface area is 97.1 Å². The Bertz CT molecular complexity index is 691. The topological polar surface area (TPSA) is 87.8 Å². The summed E-state index contributed by atoms with van der Waals surface area (Å²) in [6, 6.07) is 0. The molecule has 2 rings (SSSR count). The van der Waals surface area contributed by atoms with E-state index in [0.29, 0.717) is 24.3 Å². The zero-order valence-electron chi connectivity index (χ0n) is 10.1. The molecule has 0 aliphatic heterocycles. The van der Waals surface area contributed by atoms with Crippen molar-refractivity contribution in [2.75, 3.05) is 5.73 Å². The van der Waals surface area contributed by atoms with Crippen molar-refractivity contribution in [1.82, 2.24) is 18.7 Å². The van der Waals surface area contributed by atoms with Crippen LogP contribution in [0.15, 0.2) is 9.59 Å². The summed E-state index contributed by atoms with van der Waals surface area (Å²) in [5.74, 6) is 0.257. The molecule has 2 N–H and O–H groups in total. The monoisotopic (exact) mass is 237 g/mol. The maximum absolute atomic E-state index is 12.0. The van der Waals surface area contributed by atoms with Crippen molar-refractivity contribution in [3.8, 4) is 0 Å². The van der Waals surface area contributed by atoms with Crippen molar-refractivity contribution >= 4 is 17.1 Å². The second-order valence-electron chi connectivity index (χ2n) is 3.78. The summed E-state index contributed by atoms with van der Waals surface area (Å²) >= 11 is 0. The van der Waals surface area contributed by atoms with Crippen molar-refractivity contribution in [1.29, 1.82) is 0 Å². The molecule has 0 bridgehead atoms. The normalized spacial score (nSPS) is 11.2. The summed E-state index contributed by atoms with van der Waals surface area (Å²) in [6.07, 6.45) is 0. The Morgan fingerprint density at radius 2 is 1.76 bits per heavy atom. The van der Waals surface area contributed by atoms with E-state index in [0.717, 1.165) is 4.57 Å². The fraction of sp³-hybridized carbons (Fsp3) is 0.500. The van der Waals surface area contributed by atoms with E-state index in [9.17, 15) is 9.59 Å². The van der Waals surface area contributed by atoms with Crippen LogP contribution < -0.4 is 17.0 Å². The molecule has 0 spiro atoms. The van der Waals surface area contributed by atoms with Gasteiger partial charge in [-0.25, -0.2) is 4.79 Å². The smallest absolute Gasteiger partial charge is 0.332 e. The van der Waals surface area contributed by atoms with Gasteiger partial charge in [-0.2, -0.15) is 4.98 Å². The van der Waals surface area contributed by atoms with Crippen LogP contribution in [-0.4, -0.2) is 18.7 Å². The van der Waals surface area contributed by atoms with Crippen LogP contribution in [0.5, 0.6) is 0 Å². The lowest BCUT2D eigenvalue weighted by molar-refractivity contribution is 0.649. The Hall–Kier alpha value is -2.05. The number of aryl methyl sites for hydroxylation is 2. The SMILES string of the molecule is CCn1c(N)nc2c1c(=O)n(C)c(=O)n2CC. The minimum absolute atomic E-state index is 0.257. The Kier molecular flexibility index (Phi) is 2.53. The van der Waals surface area contributed by atoms with Crippen LogP contribution in [0, 0.1) is 0 Å². The van der Waals surface area contributed by atoms with Crippen LogP contribution in [-0.2, 0) is 20.1 Å². The van der Waals surface area contributed by atoms with E-state index in [1.54, 1.807) is 4.57 Å². The van der Waals surface area contributed by atoms with Gasteiger partial charge in [0.1, 0.15) is 0 Å². The summed E-state index contributed by atoms with van der Waals surface area (Å²) in [6.45, 7) is 4.69. The quantitative estimate of drug-likeness (QED) is 0.764. The van der Waals surface area contributed by atoms with Gasteiger partial charge >= 0.3 is 5.69 Å². The van der Waals surface area contributed by atoms with Crippen molar-refractivity contribution < 1.29 is 0 Å². The van der Waals surface area contributed by atoms with E-state index in [1.165, 1.54) is 11.6 Å². The standard InChI is InChI=1S/C10H15N5O2/c1-4-14-6-7(12-9(14)11)15(5-2)10(17)13(3)8(6)16/h4-5H2,1-3H3,(H2,11,12). The third-order valence-electron chi connectivity index (χ3n) is 2.89. The van der Waals surface area contributed by atoms with Crippen molar-refractivity contribution in [2.24, 2.45) is 7.05 Å². The number of hydrogen-bond donors (Lipinski definition) is 1. The first-order valence-electron chi connectivity index (χ1n) is 5.48. The van der Waals surface area contributed by atoms with Crippen LogP contribution in [0.25, 0.3) is 11.2 Å². The third-order valence-corrected chi connectivity index (χ3v) is 2.89. The molecule has 0 radical (unpaired) electrons. The van der Waals surface area contributed by atoms with E-state index in [1.807, 2.05) is 13.8 Å². The predicted molar refractivity (Wildman–Crippen MR) is 65.0 cm³/mol. The highest BCUT2D eigenvalue weighted by molar-refractivity contribution is 5.73. The van der Waals surface area contributed by atoms with Crippen molar-refractivity contribution in [3.63, 3.8) is 0 Å². The molecule has 17 heavy (non-hydrogen) atoms. The first-order valence-corrected chi connectivity index (χ1v) is 5.48. The van der Waals surface area contributed by atoms with Gasteiger partial charge in [0.15, 0.2) is 11.2 Å². The fourth-order valence-corrected chi connectivity index (χ4v) is 1.98. The van der Waals surface area contributed by atoms with Crippen molar-refractivity contribution in [3.05, 3.63) is 20.8 Å². The first-order chi connectivity index (χ1) is 8.02. The maximum Gasteiger partial charge on any atom is 0.332 e. The van der Waals surface area contributed by atoms with Gasteiger partial charge in [-0.15, -0.1) is 0 Å².